The van der Waals surface area contributed by atoms with E-state index in [1.54, 1.807) is 19.2 Å². The highest BCUT2D eigenvalue weighted by Gasteiger charge is 2.28. The zero-order valence-corrected chi connectivity index (χ0v) is 12.1. The largest absolute Gasteiger partial charge is 0.353 e. The first-order valence-electron chi connectivity index (χ1n) is 6.40. The van der Waals surface area contributed by atoms with Gasteiger partial charge in [0.05, 0.1) is 11.5 Å². The maximum absolute atomic E-state index is 12.8. The molecule has 20 heavy (non-hydrogen) atoms. The summed E-state index contributed by atoms with van der Waals surface area (Å²) in [6.07, 6.45) is 0.597. The number of aliphatic imine (C=N–C) groups is 1. The summed E-state index contributed by atoms with van der Waals surface area (Å²) in [4.78, 5) is 4.06. The van der Waals surface area contributed by atoms with Gasteiger partial charge in [0.25, 0.3) is 0 Å². The number of hydrogen-bond acceptors (Lipinski definition) is 3. The lowest BCUT2D eigenvalue weighted by Gasteiger charge is -2.16. The third-order valence-corrected chi connectivity index (χ3v) is 4.94. The van der Waals surface area contributed by atoms with Crippen molar-refractivity contribution in [3.8, 4) is 0 Å². The van der Waals surface area contributed by atoms with Crippen LogP contribution in [0, 0.1) is 5.82 Å². The molecule has 0 amide bonds. The molecule has 2 N–H and O–H groups in total. The highest BCUT2D eigenvalue weighted by molar-refractivity contribution is 7.91. The summed E-state index contributed by atoms with van der Waals surface area (Å²) in [5, 5.41) is 6.17. The van der Waals surface area contributed by atoms with Gasteiger partial charge in [-0.3, -0.25) is 4.99 Å². The predicted molar refractivity (Wildman–Crippen MR) is 76.8 cm³/mol. The van der Waals surface area contributed by atoms with E-state index in [1.807, 2.05) is 0 Å². The highest BCUT2D eigenvalue weighted by Crippen LogP contribution is 2.11. The SMILES string of the molecule is CN=C(NCc1ccc(F)cc1)NC1CCS(=O)(=O)C1. The minimum absolute atomic E-state index is 0.0978. The number of nitrogens with zero attached hydrogens (tertiary/aromatic N) is 1. The van der Waals surface area contributed by atoms with Crippen LogP contribution in [0.4, 0.5) is 4.39 Å². The van der Waals surface area contributed by atoms with Crippen molar-refractivity contribution in [1.82, 2.24) is 10.6 Å². The molecule has 0 saturated carbocycles. The number of benzene rings is 1. The molecule has 7 heteroatoms. The smallest absolute Gasteiger partial charge is 0.191 e. The van der Waals surface area contributed by atoms with Gasteiger partial charge in [0.2, 0.25) is 0 Å². The lowest BCUT2D eigenvalue weighted by Crippen LogP contribution is -2.43. The molecule has 2 rings (SSSR count). The Kier molecular flexibility index (Phi) is 4.59. The van der Waals surface area contributed by atoms with Crippen LogP contribution in [0.25, 0.3) is 0 Å². The molecule has 1 heterocycles. The molecule has 1 fully saturated rings. The number of hydrogen-bond donors (Lipinski definition) is 2. The Bertz CT molecular complexity index is 584. The van der Waals surface area contributed by atoms with Crippen LogP contribution in [0.1, 0.15) is 12.0 Å². The fraction of sp³-hybridized carbons (Fsp3) is 0.462. The summed E-state index contributed by atoms with van der Waals surface area (Å²) in [6, 6.07) is 6.08. The molecule has 1 aliphatic rings. The van der Waals surface area contributed by atoms with Gasteiger partial charge in [-0.2, -0.15) is 0 Å². The molecule has 0 aromatic heterocycles. The molecule has 1 atom stereocenters. The third-order valence-electron chi connectivity index (χ3n) is 3.17. The number of sulfone groups is 1. The van der Waals surface area contributed by atoms with Crippen molar-refractivity contribution >= 4 is 15.8 Å². The van der Waals surface area contributed by atoms with Crippen LogP contribution in [0.15, 0.2) is 29.3 Å². The molecule has 1 aliphatic heterocycles. The molecule has 1 unspecified atom stereocenters. The molecule has 0 radical (unpaired) electrons. The predicted octanol–water partition coefficient (Wildman–Crippen LogP) is 0.678. The van der Waals surface area contributed by atoms with E-state index in [1.165, 1.54) is 12.1 Å². The average molecular weight is 299 g/mol. The van der Waals surface area contributed by atoms with Gasteiger partial charge in [-0.05, 0) is 24.1 Å². The molecule has 1 saturated heterocycles. The van der Waals surface area contributed by atoms with E-state index in [2.05, 4.69) is 15.6 Å². The average Bonchev–Trinajstić information content (AvgIpc) is 2.75. The van der Waals surface area contributed by atoms with Crippen LogP contribution < -0.4 is 10.6 Å². The highest BCUT2D eigenvalue weighted by atomic mass is 32.2. The van der Waals surface area contributed by atoms with Crippen LogP contribution in [-0.2, 0) is 16.4 Å². The van der Waals surface area contributed by atoms with Crippen LogP contribution in [0.3, 0.4) is 0 Å². The second kappa shape index (κ2) is 6.21. The Morgan fingerprint density at radius 2 is 2.10 bits per heavy atom. The van der Waals surface area contributed by atoms with Gasteiger partial charge in [0, 0.05) is 19.6 Å². The Morgan fingerprint density at radius 3 is 2.65 bits per heavy atom. The van der Waals surface area contributed by atoms with Gasteiger partial charge in [-0.1, -0.05) is 12.1 Å². The van der Waals surface area contributed by atoms with Crippen molar-refractivity contribution in [2.75, 3.05) is 18.6 Å². The molecule has 0 spiro atoms. The Hall–Kier alpha value is -1.63. The molecule has 110 valence electrons. The van der Waals surface area contributed by atoms with Crippen LogP contribution in [0.2, 0.25) is 0 Å². The van der Waals surface area contributed by atoms with E-state index >= 15 is 0 Å². The fourth-order valence-corrected chi connectivity index (χ4v) is 3.76. The van der Waals surface area contributed by atoms with Crippen molar-refractivity contribution in [1.29, 1.82) is 0 Å². The lowest BCUT2D eigenvalue weighted by atomic mass is 10.2. The van der Waals surface area contributed by atoms with Crippen LogP contribution in [0.5, 0.6) is 0 Å². The van der Waals surface area contributed by atoms with E-state index in [9.17, 15) is 12.8 Å². The summed E-state index contributed by atoms with van der Waals surface area (Å²) < 4.78 is 35.6. The minimum Gasteiger partial charge on any atom is -0.353 e. The number of halogens is 1. The Morgan fingerprint density at radius 1 is 1.40 bits per heavy atom. The first kappa shape index (κ1) is 14.8. The second-order valence-corrected chi connectivity index (χ2v) is 7.03. The van der Waals surface area contributed by atoms with Gasteiger partial charge in [0.1, 0.15) is 5.82 Å². The Balaban J connectivity index is 1.86. The molecule has 1 aromatic carbocycles. The summed E-state index contributed by atoms with van der Waals surface area (Å²) in [7, 11) is -1.28. The van der Waals surface area contributed by atoms with Crippen LogP contribution in [-0.4, -0.2) is 39.0 Å². The van der Waals surface area contributed by atoms with Gasteiger partial charge in [0.15, 0.2) is 15.8 Å². The van der Waals surface area contributed by atoms with Crippen molar-refractivity contribution < 1.29 is 12.8 Å². The molecule has 1 aromatic rings. The number of rotatable bonds is 3. The minimum atomic E-state index is -2.91. The number of guanidine groups is 1. The fourth-order valence-electron chi connectivity index (χ4n) is 2.08. The van der Waals surface area contributed by atoms with Crippen molar-refractivity contribution in [2.45, 2.75) is 19.0 Å². The summed E-state index contributed by atoms with van der Waals surface area (Å²) in [5.74, 6) is 0.646. The maximum Gasteiger partial charge on any atom is 0.191 e. The van der Waals surface area contributed by atoms with Gasteiger partial charge < -0.3 is 10.6 Å². The summed E-state index contributed by atoms with van der Waals surface area (Å²) in [5.41, 5.74) is 0.924. The summed E-state index contributed by atoms with van der Waals surface area (Å²) >= 11 is 0. The van der Waals surface area contributed by atoms with Gasteiger partial charge in [-0.25, -0.2) is 12.8 Å². The second-order valence-electron chi connectivity index (χ2n) is 4.80. The van der Waals surface area contributed by atoms with Crippen molar-refractivity contribution in [3.63, 3.8) is 0 Å². The molecule has 0 aliphatic carbocycles. The van der Waals surface area contributed by atoms with E-state index < -0.39 is 9.84 Å². The van der Waals surface area contributed by atoms with Crippen molar-refractivity contribution in [3.05, 3.63) is 35.6 Å². The normalized spacial score (nSPS) is 21.7. The zero-order chi connectivity index (χ0) is 14.6. The van der Waals surface area contributed by atoms with Gasteiger partial charge in [-0.15, -0.1) is 0 Å². The van der Waals surface area contributed by atoms with E-state index in [0.717, 1.165) is 5.56 Å². The quantitative estimate of drug-likeness (QED) is 0.636. The topological polar surface area (TPSA) is 70.6 Å². The van der Waals surface area contributed by atoms with E-state index in [0.29, 0.717) is 18.9 Å². The maximum atomic E-state index is 12.8. The molecular formula is C13H18FN3O2S. The molecule has 5 nitrogen and oxygen atoms in total. The van der Waals surface area contributed by atoms with Crippen LogP contribution >= 0.6 is 0 Å². The van der Waals surface area contributed by atoms with E-state index in [-0.39, 0.29) is 23.4 Å². The Labute approximate surface area is 118 Å². The molecule has 0 bridgehead atoms. The van der Waals surface area contributed by atoms with E-state index in [4.69, 9.17) is 0 Å². The monoisotopic (exact) mass is 299 g/mol. The first-order valence-corrected chi connectivity index (χ1v) is 8.23. The number of nitrogens with one attached hydrogen (secondary N) is 2. The van der Waals surface area contributed by atoms with Gasteiger partial charge >= 0.3 is 0 Å². The zero-order valence-electron chi connectivity index (χ0n) is 11.3. The standard InChI is InChI=1S/C13H18FN3O2S/c1-15-13(17-12-6-7-20(18,19)9-12)16-8-10-2-4-11(14)5-3-10/h2-5,12H,6-9H2,1H3,(H2,15,16,17). The van der Waals surface area contributed by atoms with Crippen molar-refractivity contribution in [2.24, 2.45) is 4.99 Å². The third kappa shape index (κ3) is 4.19. The molecular weight excluding hydrogens is 281 g/mol. The first-order chi connectivity index (χ1) is 9.48. The lowest BCUT2D eigenvalue weighted by molar-refractivity contribution is 0.599. The summed E-state index contributed by atoms with van der Waals surface area (Å²) in [6.45, 7) is 0.499.